The predicted molar refractivity (Wildman–Crippen MR) is 183 cm³/mol. The molecule has 294 valence electrons. The lowest BCUT2D eigenvalue weighted by Crippen LogP contribution is -2.65. The Morgan fingerprint density at radius 3 is 2.11 bits per heavy atom. The number of carbonyl (C=O) groups excluding carboxylic acids is 1. The van der Waals surface area contributed by atoms with Crippen LogP contribution in [0.25, 0.3) is 28.4 Å². The Morgan fingerprint density at radius 2 is 1.42 bits per heavy atom. The zero-order valence-electron chi connectivity index (χ0n) is 28.2. The molecule has 0 saturated carbocycles. The number of aliphatic hydroxyl groups excluding tert-OH is 6. The molecule has 3 heterocycles. The van der Waals surface area contributed by atoms with Gasteiger partial charge in [-0.2, -0.15) is 0 Å². The fourth-order valence-electron chi connectivity index (χ4n) is 5.93. The maximum Gasteiger partial charge on any atom is 0.330 e. The molecule has 1 aromatic heterocycles. The summed E-state index contributed by atoms with van der Waals surface area (Å²) in [6, 6.07) is 10.8. The van der Waals surface area contributed by atoms with Crippen molar-refractivity contribution in [2.24, 2.45) is 0 Å². The molecule has 0 radical (unpaired) electrons. The number of ether oxygens (including phenoxy) is 5. The zero-order valence-corrected chi connectivity index (χ0v) is 28.2. The topological polar surface area (TPSA) is 316 Å². The second kappa shape index (κ2) is 16.1. The van der Waals surface area contributed by atoms with E-state index in [9.17, 15) is 65.8 Å². The highest BCUT2D eigenvalue weighted by atomic mass is 16.8. The molecule has 6 rings (SSSR count). The van der Waals surface area contributed by atoms with Crippen molar-refractivity contribution < 1.29 is 89.1 Å². The van der Waals surface area contributed by atoms with E-state index in [1.807, 2.05) is 0 Å². The number of carbonyl (C=O) groups is 1. The Labute approximate surface area is 308 Å². The van der Waals surface area contributed by atoms with E-state index in [-0.39, 0.29) is 28.4 Å². The highest BCUT2D eigenvalue weighted by molar-refractivity contribution is 5.88. The Kier molecular flexibility index (Phi) is 11.5. The van der Waals surface area contributed by atoms with Crippen molar-refractivity contribution >= 4 is 23.0 Å². The molecule has 2 aliphatic rings. The van der Waals surface area contributed by atoms with Gasteiger partial charge in [0.1, 0.15) is 77.6 Å². The van der Waals surface area contributed by atoms with Gasteiger partial charge in [-0.1, -0.05) is 6.07 Å². The second-order valence-electron chi connectivity index (χ2n) is 12.6. The maximum absolute atomic E-state index is 13.9. The number of hydrogen-bond donors (Lipinski definition) is 11. The summed E-state index contributed by atoms with van der Waals surface area (Å²) in [4.78, 5) is 26.3. The Bertz CT molecular complexity index is 2100. The summed E-state index contributed by atoms with van der Waals surface area (Å²) in [5.41, 5.74) is -0.876. The lowest BCUT2D eigenvalue weighted by Gasteiger charge is -2.45. The van der Waals surface area contributed by atoms with Gasteiger partial charge in [-0.05, 0) is 48.0 Å². The van der Waals surface area contributed by atoms with E-state index in [1.54, 1.807) is 0 Å². The minimum Gasteiger partial charge on any atom is -0.508 e. The lowest BCUT2D eigenvalue weighted by atomic mass is 9.97. The highest BCUT2D eigenvalue weighted by Crippen LogP contribution is 2.38. The van der Waals surface area contributed by atoms with Crippen molar-refractivity contribution in [3.63, 3.8) is 0 Å². The van der Waals surface area contributed by atoms with Gasteiger partial charge in [-0.15, -0.1) is 0 Å². The fraction of sp³-hybridized carbons (Fsp3) is 0.333. The van der Waals surface area contributed by atoms with Gasteiger partial charge >= 0.3 is 5.97 Å². The molecule has 2 fully saturated rings. The van der Waals surface area contributed by atoms with Crippen molar-refractivity contribution in [1.29, 1.82) is 0 Å². The van der Waals surface area contributed by atoms with Crippen LogP contribution in [0.3, 0.4) is 0 Å². The van der Waals surface area contributed by atoms with Crippen LogP contribution in [0.5, 0.6) is 34.5 Å². The van der Waals surface area contributed by atoms with Crippen LogP contribution in [0.1, 0.15) is 5.56 Å². The predicted octanol–water partition coefficient (Wildman–Crippen LogP) is -0.745. The summed E-state index contributed by atoms with van der Waals surface area (Å²) in [7, 11) is 0. The van der Waals surface area contributed by atoms with Crippen molar-refractivity contribution in [2.75, 3.05) is 13.2 Å². The standard InChI is InChI=1S/C36H36O19/c37-12-22-26(44)30(48)34(55-35-31(49)29(47)27(45)23(53-35)13-50-24(43)8-2-14-1-7-18(40)19(41)9-14)36(52-22)54-33-28(46)25-20(42)10-17(39)11-21(25)51-32(33)15-3-5-16(38)6-4-15/h1-11,22-23,26-27,29-31,34-42,44-45,47-49H,12-13H2/b8-2+/t22?,23?,26-,27+,29?,30?,31?,34+,35-,36-/m0/s1. The Morgan fingerprint density at radius 1 is 0.727 bits per heavy atom. The van der Waals surface area contributed by atoms with Crippen molar-refractivity contribution in [3.05, 3.63) is 76.5 Å². The van der Waals surface area contributed by atoms with Crippen LogP contribution in [0.15, 0.2) is 69.9 Å². The third-order valence-electron chi connectivity index (χ3n) is 8.87. The summed E-state index contributed by atoms with van der Waals surface area (Å²) in [6.45, 7) is -1.61. The molecular weight excluding hydrogens is 736 g/mol. The molecule has 19 heteroatoms. The summed E-state index contributed by atoms with van der Waals surface area (Å²) < 4.78 is 34.0. The summed E-state index contributed by atoms with van der Waals surface area (Å²) >= 11 is 0. The van der Waals surface area contributed by atoms with Gasteiger partial charge in [0.15, 0.2) is 29.7 Å². The quantitative estimate of drug-likeness (QED) is 0.0537. The van der Waals surface area contributed by atoms with Gasteiger partial charge in [0.05, 0.1) is 6.61 Å². The zero-order chi connectivity index (χ0) is 39.7. The van der Waals surface area contributed by atoms with Crippen LogP contribution in [0.2, 0.25) is 0 Å². The largest absolute Gasteiger partial charge is 0.508 e. The van der Waals surface area contributed by atoms with Gasteiger partial charge in [0, 0.05) is 23.8 Å². The molecule has 55 heavy (non-hydrogen) atoms. The number of phenols is 5. The third kappa shape index (κ3) is 8.15. The average molecular weight is 773 g/mol. The van der Waals surface area contributed by atoms with Crippen molar-refractivity contribution in [3.8, 4) is 45.8 Å². The average Bonchev–Trinajstić information content (AvgIpc) is 3.15. The van der Waals surface area contributed by atoms with E-state index in [0.29, 0.717) is 5.56 Å². The molecule has 10 atom stereocenters. The number of fused-ring (bicyclic) bond motifs is 1. The fourth-order valence-corrected chi connectivity index (χ4v) is 5.93. The van der Waals surface area contributed by atoms with Crippen molar-refractivity contribution in [1.82, 2.24) is 0 Å². The molecular formula is C36H36O19. The molecule has 3 aromatic carbocycles. The maximum atomic E-state index is 13.9. The number of aromatic hydroxyl groups is 5. The number of aliphatic hydroxyl groups is 6. The molecule has 2 saturated heterocycles. The third-order valence-corrected chi connectivity index (χ3v) is 8.87. The minimum absolute atomic E-state index is 0.124. The molecule has 4 aromatic rings. The molecule has 2 aliphatic heterocycles. The monoisotopic (exact) mass is 772 g/mol. The second-order valence-corrected chi connectivity index (χ2v) is 12.6. The minimum atomic E-state index is -2.05. The molecule has 0 aliphatic carbocycles. The van der Waals surface area contributed by atoms with Gasteiger partial charge in [0.2, 0.25) is 17.5 Å². The number of esters is 1. The first-order chi connectivity index (χ1) is 26.2. The molecule has 0 amide bonds. The molecule has 19 nitrogen and oxygen atoms in total. The van der Waals surface area contributed by atoms with E-state index in [0.717, 1.165) is 18.2 Å². The van der Waals surface area contributed by atoms with Crippen LogP contribution >= 0.6 is 0 Å². The summed E-state index contributed by atoms with van der Waals surface area (Å²) in [5, 5.41) is 113. The van der Waals surface area contributed by atoms with Crippen molar-refractivity contribution in [2.45, 2.75) is 61.4 Å². The van der Waals surface area contributed by atoms with Crippen LogP contribution in [0, 0.1) is 0 Å². The van der Waals surface area contributed by atoms with Crippen LogP contribution < -0.4 is 10.2 Å². The molecule has 11 N–H and O–H groups in total. The van der Waals surface area contributed by atoms with Crippen LogP contribution in [-0.2, 0) is 23.7 Å². The first-order valence-corrected chi connectivity index (χ1v) is 16.5. The number of phenolic OH excluding ortho intramolecular Hbond substituents is 5. The first kappa shape index (κ1) is 39.2. The first-order valence-electron chi connectivity index (χ1n) is 16.5. The van der Waals surface area contributed by atoms with E-state index < -0.39 is 114 Å². The van der Waals surface area contributed by atoms with Gasteiger partial charge in [0.25, 0.3) is 0 Å². The van der Waals surface area contributed by atoms with E-state index in [2.05, 4.69) is 0 Å². The number of hydrogen-bond acceptors (Lipinski definition) is 19. The molecule has 0 spiro atoms. The Hall–Kier alpha value is -5.48. The molecule has 5 unspecified atom stereocenters. The highest BCUT2D eigenvalue weighted by Gasteiger charge is 2.52. The van der Waals surface area contributed by atoms with E-state index >= 15 is 0 Å². The smallest absolute Gasteiger partial charge is 0.330 e. The normalized spacial score (nSPS) is 28.3. The van der Waals surface area contributed by atoms with Gasteiger partial charge in [-0.3, -0.25) is 4.79 Å². The van der Waals surface area contributed by atoms with Gasteiger partial charge in [-0.25, -0.2) is 4.79 Å². The summed E-state index contributed by atoms with van der Waals surface area (Å²) in [5.74, 6) is -4.13. The number of rotatable bonds is 10. The number of benzene rings is 3. The molecule has 0 bridgehead atoms. The van der Waals surface area contributed by atoms with Crippen LogP contribution in [0.4, 0.5) is 0 Å². The SMILES string of the molecule is O=C(/C=C/c1ccc(O)c(O)c1)OCC1O[C@@H](O[C@@H]2C(O)[C@@H](O)C(CO)O[C@H]2Oc2c(-c3ccc(O)cc3)oc3cc(O)cc(O)c3c2=O)C(O)C(O)[C@@H]1O. The summed E-state index contributed by atoms with van der Waals surface area (Å²) in [6.07, 6.45) is -16.6. The Balaban J connectivity index is 1.28. The van der Waals surface area contributed by atoms with E-state index in [1.165, 1.54) is 48.5 Å². The van der Waals surface area contributed by atoms with E-state index in [4.69, 9.17) is 28.1 Å². The van der Waals surface area contributed by atoms with Gasteiger partial charge < -0.3 is 84.3 Å². The van der Waals surface area contributed by atoms with Crippen LogP contribution in [-0.4, -0.2) is 137 Å². The lowest BCUT2D eigenvalue weighted by molar-refractivity contribution is -0.358.